The summed E-state index contributed by atoms with van der Waals surface area (Å²) in [5.41, 5.74) is 2.29. The van der Waals surface area contributed by atoms with Gasteiger partial charge in [-0.2, -0.15) is 0 Å². The molecule has 0 atom stereocenters. The van der Waals surface area contributed by atoms with Crippen LogP contribution in [-0.2, 0) is 11.3 Å². The van der Waals surface area contributed by atoms with E-state index in [4.69, 9.17) is 4.74 Å². The zero-order valence-corrected chi connectivity index (χ0v) is 33.5. The van der Waals surface area contributed by atoms with Gasteiger partial charge in [0.2, 0.25) is 10.9 Å². The fourth-order valence-electron chi connectivity index (χ4n) is 8.15. The van der Waals surface area contributed by atoms with Gasteiger partial charge < -0.3 is 4.74 Å². The highest BCUT2D eigenvalue weighted by atomic mass is 32.1. The first-order valence-electron chi connectivity index (χ1n) is 18.5. The van der Waals surface area contributed by atoms with Crippen LogP contribution in [-0.4, -0.2) is 22.2 Å². The fourth-order valence-corrected chi connectivity index (χ4v) is 13.3. The molecular formula is C47H22N2O6S4. The Labute approximate surface area is 347 Å². The van der Waals surface area contributed by atoms with E-state index in [9.17, 15) is 24.0 Å². The van der Waals surface area contributed by atoms with Gasteiger partial charge in [0.1, 0.15) is 11.6 Å². The third kappa shape index (κ3) is 5.10. The molecular weight excluding hydrogens is 817 g/mol. The number of hydrogen-bond donors (Lipinski definition) is 0. The van der Waals surface area contributed by atoms with Crippen LogP contribution < -0.4 is 16.2 Å². The van der Waals surface area contributed by atoms with E-state index in [2.05, 4.69) is 4.99 Å². The van der Waals surface area contributed by atoms with Gasteiger partial charge in [-0.1, -0.05) is 78.9 Å². The zero-order valence-electron chi connectivity index (χ0n) is 30.2. The van der Waals surface area contributed by atoms with E-state index in [0.29, 0.717) is 37.9 Å². The number of hydrogen-bond acceptors (Lipinski definition) is 11. The van der Waals surface area contributed by atoms with E-state index in [1.54, 1.807) is 34.9 Å². The fraction of sp³-hybridized carbons (Fsp3) is 0.0213. The Morgan fingerprint density at radius 2 is 1.12 bits per heavy atom. The molecule has 12 rings (SSSR count). The number of ether oxygens (including phenoxy) is 1. The van der Waals surface area contributed by atoms with Crippen LogP contribution in [0.3, 0.4) is 0 Å². The summed E-state index contributed by atoms with van der Waals surface area (Å²) in [4.78, 5) is 74.1. The van der Waals surface area contributed by atoms with Crippen LogP contribution in [0.5, 0.6) is 0 Å². The van der Waals surface area contributed by atoms with E-state index >= 15 is 0 Å². The summed E-state index contributed by atoms with van der Waals surface area (Å²) < 4.78 is 12.8. The molecule has 0 saturated heterocycles. The van der Waals surface area contributed by atoms with Gasteiger partial charge in [-0.15, -0.1) is 45.3 Å². The lowest BCUT2D eigenvalue weighted by Crippen LogP contribution is -2.31. The number of ketones is 2. The van der Waals surface area contributed by atoms with Gasteiger partial charge in [0, 0.05) is 31.5 Å². The van der Waals surface area contributed by atoms with Gasteiger partial charge in [0.25, 0.3) is 0 Å². The second-order valence-corrected chi connectivity index (χ2v) is 18.6. The predicted molar refractivity (Wildman–Crippen MR) is 240 cm³/mol. The number of rotatable bonds is 4. The van der Waals surface area contributed by atoms with Crippen LogP contribution >= 0.6 is 45.3 Å². The minimum atomic E-state index is -0.560. The first kappa shape index (κ1) is 34.4. The smallest absolute Gasteiger partial charge is 0.419 e. The lowest BCUT2D eigenvalue weighted by atomic mass is 10.0. The third-order valence-corrected chi connectivity index (χ3v) is 15.7. The largest absolute Gasteiger partial charge is 0.444 e. The van der Waals surface area contributed by atoms with Crippen molar-refractivity contribution in [1.82, 2.24) is 4.57 Å². The molecule has 6 aromatic carbocycles. The Balaban J connectivity index is 1.01. The molecule has 5 heterocycles. The molecule has 0 N–H and O–H groups in total. The Kier molecular flexibility index (Phi) is 7.36. The molecule has 5 aromatic heterocycles. The maximum atomic E-state index is 14.3. The number of aromatic nitrogens is 1. The predicted octanol–water partition coefficient (Wildman–Crippen LogP) is 11.3. The van der Waals surface area contributed by atoms with Crippen molar-refractivity contribution in [3.05, 3.63) is 168 Å². The van der Waals surface area contributed by atoms with Crippen molar-refractivity contribution in [3.63, 3.8) is 0 Å². The number of fused-ring (bicyclic) bond motifs is 11. The number of thiophene rings is 4. The van der Waals surface area contributed by atoms with Crippen LogP contribution in [0, 0.1) is 0 Å². The van der Waals surface area contributed by atoms with Crippen LogP contribution in [0.2, 0.25) is 0 Å². The Morgan fingerprint density at radius 3 is 1.71 bits per heavy atom. The molecule has 0 bridgehead atoms. The van der Waals surface area contributed by atoms with Crippen molar-refractivity contribution in [3.8, 4) is 0 Å². The molecule has 1 aliphatic rings. The lowest BCUT2D eigenvalue weighted by molar-refractivity contribution is 0.0990. The molecule has 280 valence electrons. The molecule has 0 fully saturated rings. The highest BCUT2D eigenvalue weighted by Crippen LogP contribution is 2.52. The highest BCUT2D eigenvalue weighted by molar-refractivity contribution is 7.39. The van der Waals surface area contributed by atoms with Gasteiger partial charge in [-0.05, 0) is 69.6 Å². The molecule has 0 unspecified atom stereocenters. The van der Waals surface area contributed by atoms with Crippen LogP contribution in [0.25, 0.3) is 77.6 Å². The number of carbonyl (C=O) groups excluding carboxylic acids is 3. The number of allylic oxidation sites excluding steroid dienone is 1. The van der Waals surface area contributed by atoms with Gasteiger partial charge >= 0.3 is 6.09 Å². The van der Waals surface area contributed by atoms with Crippen LogP contribution in [0.1, 0.15) is 31.2 Å². The Bertz CT molecular complexity index is 3780. The van der Waals surface area contributed by atoms with E-state index in [0.717, 1.165) is 60.2 Å². The van der Waals surface area contributed by atoms with Crippen molar-refractivity contribution in [2.45, 2.75) is 6.61 Å². The molecule has 0 amide bonds. The van der Waals surface area contributed by atoms with E-state index < -0.39 is 17.0 Å². The SMILES string of the molecule is O=C1C(=Cc2cc3sc4c5sc6cc(N=c7c(=O)c8cc9ccccc9cc8c7=O)sc6c5n(C(=O)OCc5ccccc5)c4c3s2)C(=O)c2cc3ccccc3cc21. The summed E-state index contributed by atoms with van der Waals surface area (Å²) in [6.45, 7) is 0.0616. The summed E-state index contributed by atoms with van der Waals surface area (Å²) >= 11 is 5.77. The number of Topliss-reactive ketones (excluding diaryl/α,β-unsaturated/α-hetero) is 2. The summed E-state index contributed by atoms with van der Waals surface area (Å²) in [5.74, 6) is -0.604. The van der Waals surface area contributed by atoms with Crippen molar-refractivity contribution >= 4 is 146 Å². The quantitative estimate of drug-likeness (QED) is 0.129. The topological polar surface area (TPSA) is 112 Å². The number of nitrogens with zero attached hydrogens (tertiary/aromatic N) is 2. The second kappa shape index (κ2) is 12.6. The maximum Gasteiger partial charge on any atom is 0.419 e. The van der Waals surface area contributed by atoms with Gasteiger partial charge in [0.05, 0.1) is 40.1 Å². The molecule has 12 heteroatoms. The van der Waals surface area contributed by atoms with Gasteiger partial charge in [-0.3, -0.25) is 19.2 Å². The maximum absolute atomic E-state index is 14.3. The Hall–Kier alpha value is -6.70. The summed E-state index contributed by atoms with van der Waals surface area (Å²) in [7, 11) is 0. The second-order valence-electron chi connectivity index (χ2n) is 14.4. The molecule has 59 heavy (non-hydrogen) atoms. The van der Waals surface area contributed by atoms with E-state index in [-0.39, 0.29) is 29.1 Å². The first-order valence-corrected chi connectivity index (χ1v) is 21.7. The Morgan fingerprint density at radius 1 is 0.593 bits per heavy atom. The van der Waals surface area contributed by atoms with Crippen LogP contribution in [0.15, 0.2) is 135 Å². The average molecular weight is 839 g/mol. The monoisotopic (exact) mass is 838 g/mol. The van der Waals surface area contributed by atoms with Gasteiger partial charge in [0.15, 0.2) is 16.9 Å². The molecule has 0 saturated carbocycles. The minimum absolute atomic E-state index is 0.0616. The molecule has 8 nitrogen and oxygen atoms in total. The van der Waals surface area contributed by atoms with Crippen molar-refractivity contribution < 1.29 is 19.1 Å². The summed E-state index contributed by atoms with van der Waals surface area (Å²) in [6.07, 6.45) is 1.10. The first-order chi connectivity index (χ1) is 28.8. The zero-order chi connectivity index (χ0) is 39.7. The van der Waals surface area contributed by atoms with E-state index in [1.165, 1.54) is 45.3 Å². The van der Waals surface area contributed by atoms with Crippen molar-refractivity contribution in [2.24, 2.45) is 4.99 Å². The number of carbonyl (C=O) groups is 3. The third-order valence-electron chi connectivity index (χ3n) is 10.9. The van der Waals surface area contributed by atoms with E-state index in [1.807, 2.05) is 91.0 Å². The standard InChI is InChI=1S/C47H22N2O6S4/c50-39-28-14-23-10-4-5-11-24(23)15-29(28)40(51)32(39)18-27-19-33-43(56-27)37-45(57-33)46-38(49(37)47(54)55-21-22-8-2-1-3-9-22)44-34(58-46)20-35(59-44)48-36-41(52)30-16-25-12-6-7-13-26(25)17-31(30)42(36)53/h1-20H,21H2. The van der Waals surface area contributed by atoms with Gasteiger partial charge in [-0.25, -0.2) is 14.4 Å². The van der Waals surface area contributed by atoms with Crippen LogP contribution in [0.4, 0.5) is 9.80 Å². The molecule has 0 aliphatic heterocycles. The minimum Gasteiger partial charge on any atom is -0.444 e. The molecule has 0 radical (unpaired) electrons. The van der Waals surface area contributed by atoms with Crippen molar-refractivity contribution in [1.29, 1.82) is 0 Å². The molecule has 1 aliphatic carbocycles. The highest BCUT2D eigenvalue weighted by Gasteiger charge is 2.34. The molecule has 0 spiro atoms. The average Bonchev–Trinajstić information content (AvgIpc) is 4.11. The summed E-state index contributed by atoms with van der Waals surface area (Å²) in [6, 6.07) is 35.6. The number of benzene rings is 5. The summed E-state index contributed by atoms with van der Waals surface area (Å²) in [5, 5.41) is 4.57. The normalized spacial score (nSPS) is 13.1. The lowest BCUT2D eigenvalue weighted by Gasteiger charge is -2.07. The van der Waals surface area contributed by atoms with Crippen molar-refractivity contribution in [2.75, 3.05) is 0 Å². The molecule has 11 aromatic rings.